The van der Waals surface area contributed by atoms with Gasteiger partial charge in [0.15, 0.2) is 0 Å². The van der Waals surface area contributed by atoms with Crippen LogP contribution in [0.15, 0.2) is 36.4 Å². The minimum absolute atomic E-state index is 0.250. The number of fused-ring (bicyclic) bond motifs is 1. The lowest BCUT2D eigenvalue weighted by Gasteiger charge is -2.25. The van der Waals surface area contributed by atoms with E-state index in [-0.39, 0.29) is 6.15 Å². The molecule has 0 saturated heterocycles. The maximum atomic E-state index is 8.12. The van der Waals surface area contributed by atoms with Crippen molar-refractivity contribution >= 4 is 34.6 Å². The molecular weight excluding hydrogens is 358 g/mol. The monoisotopic (exact) mass is 381 g/mol. The summed E-state index contributed by atoms with van der Waals surface area (Å²) in [6.07, 6.45) is 7.93. The van der Waals surface area contributed by atoms with Crippen LogP contribution in [0.2, 0.25) is 5.02 Å². The van der Waals surface area contributed by atoms with Crippen LogP contribution < -0.4 is 5.73 Å². The van der Waals surface area contributed by atoms with Gasteiger partial charge in [0.1, 0.15) is 0 Å². The Bertz CT molecular complexity index is 905. The Labute approximate surface area is 165 Å². The summed E-state index contributed by atoms with van der Waals surface area (Å²) in [6, 6.07) is 12.9. The van der Waals surface area contributed by atoms with E-state index in [1.807, 2.05) is 12.1 Å². The molecular formula is C23H24ClNO2. The lowest BCUT2D eigenvalue weighted by atomic mass is 9.79. The van der Waals surface area contributed by atoms with E-state index in [4.69, 9.17) is 26.9 Å². The Kier molecular flexibility index (Phi) is 6.15. The minimum Gasteiger partial charge on any atom is -0.398 e. The Morgan fingerprint density at radius 2 is 1.67 bits per heavy atom. The first-order valence-electron chi connectivity index (χ1n) is 9.42. The molecule has 0 bridgehead atoms. The van der Waals surface area contributed by atoms with Crippen molar-refractivity contribution in [1.82, 2.24) is 0 Å². The van der Waals surface area contributed by atoms with Gasteiger partial charge in [0.2, 0.25) is 0 Å². The van der Waals surface area contributed by atoms with Crippen molar-refractivity contribution in [1.29, 1.82) is 0 Å². The molecule has 4 rings (SSSR count). The van der Waals surface area contributed by atoms with Gasteiger partial charge in [-0.3, -0.25) is 0 Å². The second-order valence-electron chi connectivity index (χ2n) is 7.38. The van der Waals surface area contributed by atoms with Crippen molar-refractivity contribution < 1.29 is 9.59 Å². The summed E-state index contributed by atoms with van der Waals surface area (Å²) in [6.45, 7) is 2.18. The number of carbonyl (C=O) groups excluding carboxylic acids is 2. The average molecular weight is 382 g/mol. The van der Waals surface area contributed by atoms with Gasteiger partial charge in [-0.15, -0.1) is 0 Å². The number of anilines is 1. The quantitative estimate of drug-likeness (QED) is 0.679. The second-order valence-corrected chi connectivity index (χ2v) is 7.82. The van der Waals surface area contributed by atoms with Crippen LogP contribution in [-0.4, -0.2) is 6.15 Å². The largest absolute Gasteiger partial charge is 0.398 e. The van der Waals surface area contributed by atoms with Gasteiger partial charge >= 0.3 is 6.15 Å². The zero-order chi connectivity index (χ0) is 19.4. The summed E-state index contributed by atoms with van der Waals surface area (Å²) in [7, 11) is 0. The molecule has 0 heterocycles. The fourth-order valence-corrected chi connectivity index (χ4v) is 4.67. The molecule has 0 atom stereocenters. The summed E-state index contributed by atoms with van der Waals surface area (Å²) >= 11 is 6.12. The van der Waals surface area contributed by atoms with E-state index in [0.717, 1.165) is 12.1 Å². The molecule has 0 unspecified atom stereocenters. The number of hydrogen-bond acceptors (Lipinski definition) is 3. The number of allylic oxidation sites excluding steroid dienone is 2. The standard InChI is InChI=1S/C22H24ClN.CO2/c1-14-7-9-18-16(11-14)12-20(19-10-8-17(23)13-21(19)24)22(18)15-5-3-2-4-6-15;2-1-3/h7-11,13,15H,2-6,12,24H2,1H3;. The normalized spacial score (nSPS) is 16.4. The predicted octanol–water partition coefficient (Wildman–Crippen LogP) is 5.69. The molecule has 1 saturated carbocycles. The van der Waals surface area contributed by atoms with E-state index < -0.39 is 0 Å². The zero-order valence-electron chi connectivity index (χ0n) is 15.6. The number of nitrogen functional groups attached to an aromatic ring is 1. The van der Waals surface area contributed by atoms with Gasteiger partial charge in [0.05, 0.1) is 0 Å². The third-order valence-corrected chi connectivity index (χ3v) is 5.83. The van der Waals surface area contributed by atoms with E-state index in [0.29, 0.717) is 10.9 Å². The number of benzene rings is 2. The molecule has 2 aromatic rings. The lowest BCUT2D eigenvalue weighted by molar-refractivity contribution is -0.191. The molecule has 0 aromatic heterocycles. The highest BCUT2D eigenvalue weighted by molar-refractivity contribution is 6.31. The summed E-state index contributed by atoms with van der Waals surface area (Å²) < 4.78 is 0. The van der Waals surface area contributed by atoms with E-state index >= 15 is 0 Å². The first-order valence-corrected chi connectivity index (χ1v) is 9.80. The van der Waals surface area contributed by atoms with Crippen molar-refractivity contribution in [2.45, 2.75) is 45.4 Å². The molecule has 2 aliphatic carbocycles. The fourth-order valence-electron chi connectivity index (χ4n) is 4.49. The highest BCUT2D eigenvalue weighted by atomic mass is 35.5. The Morgan fingerprint density at radius 1 is 1.00 bits per heavy atom. The number of hydrogen-bond donors (Lipinski definition) is 1. The summed E-state index contributed by atoms with van der Waals surface area (Å²) in [4.78, 5) is 16.2. The lowest BCUT2D eigenvalue weighted by Crippen LogP contribution is -2.09. The molecule has 0 radical (unpaired) electrons. The number of rotatable bonds is 2. The van der Waals surface area contributed by atoms with E-state index in [1.54, 1.807) is 5.57 Å². The van der Waals surface area contributed by atoms with Gasteiger partial charge in [-0.05, 0) is 66.5 Å². The first kappa shape index (κ1) is 19.4. The molecule has 2 aromatic carbocycles. The number of nitrogens with two attached hydrogens (primary N) is 1. The summed E-state index contributed by atoms with van der Waals surface area (Å²) in [5.74, 6) is 0.674. The molecule has 140 valence electrons. The van der Waals surface area contributed by atoms with Crippen molar-refractivity contribution in [3.8, 4) is 0 Å². The van der Waals surface area contributed by atoms with Gasteiger partial charge in [-0.25, -0.2) is 0 Å². The van der Waals surface area contributed by atoms with Crippen molar-refractivity contribution in [2.75, 3.05) is 5.73 Å². The molecule has 3 nitrogen and oxygen atoms in total. The number of halogens is 1. The molecule has 0 spiro atoms. The van der Waals surface area contributed by atoms with Crippen LogP contribution in [0.25, 0.3) is 11.1 Å². The third kappa shape index (κ3) is 4.16. The Hall–Kier alpha value is -2.35. The van der Waals surface area contributed by atoms with Crippen LogP contribution in [0.1, 0.15) is 54.4 Å². The molecule has 0 amide bonds. The van der Waals surface area contributed by atoms with E-state index in [1.165, 1.54) is 59.9 Å². The molecule has 0 aliphatic heterocycles. The van der Waals surface area contributed by atoms with Crippen LogP contribution in [0.4, 0.5) is 5.69 Å². The van der Waals surface area contributed by atoms with Crippen LogP contribution in [0.5, 0.6) is 0 Å². The highest BCUT2D eigenvalue weighted by Crippen LogP contribution is 2.48. The molecule has 2 N–H and O–H groups in total. The Morgan fingerprint density at radius 3 is 2.33 bits per heavy atom. The molecule has 4 heteroatoms. The maximum absolute atomic E-state index is 8.12. The Balaban J connectivity index is 0.000000659. The van der Waals surface area contributed by atoms with Gasteiger partial charge in [0, 0.05) is 16.3 Å². The minimum atomic E-state index is 0.250. The zero-order valence-corrected chi connectivity index (χ0v) is 16.3. The van der Waals surface area contributed by atoms with Crippen LogP contribution in [0.3, 0.4) is 0 Å². The topological polar surface area (TPSA) is 60.2 Å². The third-order valence-electron chi connectivity index (χ3n) is 5.60. The van der Waals surface area contributed by atoms with Gasteiger partial charge in [-0.2, -0.15) is 9.59 Å². The van der Waals surface area contributed by atoms with Crippen LogP contribution >= 0.6 is 11.6 Å². The predicted molar refractivity (Wildman–Crippen MR) is 109 cm³/mol. The maximum Gasteiger partial charge on any atom is 0.373 e. The summed E-state index contributed by atoms with van der Waals surface area (Å²) in [5, 5.41) is 0.711. The molecule has 27 heavy (non-hydrogen) atoms. The van der Waals surface area contributed by atoms with E-state index in [9.17, 15) is 0 Å². The first-order chi connectivity index (χ1) is 13.0. The number of aryl methyl sites for hydroxylation is 1. The molecule has 2 aliphatic rings. The average Bonchev–Trinajstić information content (AvgIpc) is 3.01. The smallest absolute Gasteiger partial charge is 0.373 e. The van der Waals surface area contributed by atoms with E-state index in [2.05, 4.69) is 31.2 Å². The van der Waals surface area contributed by atoms with Crippen molar-refractivity contribution in [3.63, 3.8) is 0 Å². The SMILES string of the molecule is Cc1ccc2c(c1)CC(c1ccc(Cl)cc1N)=C2C1CCCCC1.O=C=O. The van der Waals surface area contributed by atoms with Gasteiger partial charge < -0.3 is 5.73 Å². The van der Waals surface area contributed by atoms with Gasteiger partial charge in [0.25, 0.3) is 0 Å². The summed E-state index contributed by atoms with van der Waals surface area (Å²) in [5.41, 5.74) is 15.5. The fraction of sp³-hybridized carbons (Fsp3) is 0.348. The highest BCUT2D eigenvalue weighted by Gasteiger charge is 2.30. The van der Waals surface area contributed by atoms with Crippen molar-refractivity contribution in [2.24, 2.45) is 5.92 Å². The van der Waals surface area contributed by atoms with Crippen LogP contribution in [0, 0.1) is 12.8 Å². The molecule has 1 fully saturated rings. The van der Waals surface area contributed by atoms with Crippen LogP contribution in [-0.2, 0) is 16.0 Å². The van der Waals surface area contributed by atoms with Crippen molar-refractivity contribution in [3.05, 3.63) is 63.7 Å². The van der Waals surface area contributed by atoms with Gasteiger partial charge in [-0.1, -0.05) is 60.7 Å². The second kappa shape index (κ2) is 8.56.